The fraction of sp³-hybridized carbons (Fsp3) is 0.471. The number of rotatable bonds is 4. The Bertz CT molecular complexity index is 609. The molecule has 1 aliphatic heterocycles. The molecular formula is C17H22N4OS. The maximum absolute atomic E-state index is 12.4. The number of nitrogens with zero attached hydrogens (tertiary/aromatic N) is 3. The summed E-state index contributed by atoms with van der Waals surface area (Å²) >= 11 is 1.57. The molecule has 0 aliphatic carbocycles. The van der Waals surface area contributed by atoms with E-state index in [0.717, 1.165) is 37.4 Å². The first-order valence-corrected chi connectivity index (χ1v) is 8.94. The lowest BCUT2D eigenvalue weighted by atomic mass is 9.91. The average Bonchev–Trinajstić information content (AvgIpc) is 3.11. The molecule has 3 rings (SSSR count). The predicted octanol–water partition coefficient (Wildman–Crippen LogP) is 3.26. The zero-order valence-electron chi connectivity index (χ0n) is 13.3. The van der Waals surface area contributed by atoms with Gasteiger partial charge in [0.25, 0.3) is 0 Å². The number of likely N-dealkylation sites (tertiary alicyclic amines) is 1. The molecule has 2 aromatic heterocycles. The van der Waals surface area contributed by atoms with Gasteiger partial charge >= 0.3 is 6.03 Å². The van der Waals surface area contributed by atoms with Crippen LogP contribution in [0.15, 0.2) is 36.1 Å². The molecule has 6 heteroatoms. The lowest BCUT2D eigenvalue weighted by Gasteiger charge is -2.32. The molecular weight excluding hydrogens is 308 g/mol. The van der Waals surface area contributed by atoms with Crippen LogP contribution in [0.2, 0.25) is 0 Å². The normalized spacial score (nSPS) is 17.0. The van der Waals surface area contributed by atoms with Crippen molar-refractivity contribution >= 4 is 17.4 Å². The van der Waals surface area contributed by atoms with Crippen LogP contribution >= 0.6 is 11.3 Å². The van der Waals surface area contributed by atoms with Crippen LogP contribution in [-0.2, 0) is 6.42 Å². The second-order valence-electron chi connectivity index (χ2n) is 6.04. The van der Waals surface area contributed by atoms with E-state index in [1.165, 1.54) is 5.56 Å². The summed E-state index contributed by atoms with van der Waals surface area (Å²) < 4.78 is 0. The Morgan fingerprint density at radius 1 is 1.43 bits per heavy atom. The van der Waals surface area contributed by atoms with Gasteiger partial charge in [-0.1, -0.05) is 6.07 Å². The quantitative estimate of drug-likeness (QED) is 0.936. The van der Waals surface area contributed by atoms with E-state index in [9.17, 15) is 4.79 Å². The van der Waals surface area contributed by atoms with E-state index < -0.39 is 0 Å². The molecule has 0 bridgehead atoms. The molecule has 1 N–H and O–H groups in total. The van der Waals surface area contributed by atoms with Gasteiger partial charge in [-0.15, -0.1) is 11.3 Å². The largest absolute Gasteiger partial charge is 0.329 e. The minimum Gasteiger partial charge on any atom is -0.329 e. The SMILES string of the molecule is C[C@@H](NC(=O)N1CCC(Cc2cccnc2)CC1)c1nccs1. The summed E-state index contributed by atoms with van der Waals surface area (Å²) in [5.74, 6) is 0.639. The molecule has 1 saturated heterocycles. The summed E-state index contributed by atoms with van der Waals surface area (Å²) in [6, 6.07) is 4.10. The van der Waals surface area contributed by atoms with Gasteiger partial charge in [0.15, 0.2) is 0 Å². The summed E-state index contributed by atoms with van der Waals surface area (Å²) in [6.45, 7) is 3.62. The highest BCUT2D eigenvalue weighted by atomic mass is 32.1. The first kappa shape index (κ1) is 15.9. The van der Waals surface area contributed by atoms with Crippen LogP contribution in [0.4, 0.5) is 4.79 Å². The van der Waals surface area contributed by atoms with Gasteiger partial charge in [-0.25, -0.2) is 9.78 Å². The Morgan fingerprint density at radius 3 is 2.91 bits per heavy atom. The molecule has 2 amide bonds. The van der Waals surface area contributed by atoms with E-state index in [4.69, 9.17) is 0 Å². The van der Waals surface area contributed by atoms with Gasteiger partial charge in [0.05, 0.1) is 6.04 Å². The molecule has 0 aromatic carbocycles. The van der Waals surface area contributed by atoms with Gasteiger partial charge in [-0.3, -0.25) is 4.98 Å². The van der Waals surface area contributed by atoms with Gasteiger partial charge in [-0.2, -0.15) is 0 Å². The zero-order valence-corrected chi connectivity index (χ0v) is 14.1. The maximum Gasteiger partial charge on any atom is 0.317 e. The van der Waals surface area contributed by atoms with E-state index in [1.54, 1.807) is 23.7 Å². The fourth-order valence-electron chi connectivity index (χ4n) is 2.98. The topological polar surface area (TPSA) is 58.1 Å². The second-order valence-corrected chi connectivity index (χ2v) is 6.96. The molecule has 1 aliphatic rings. The van der Waals surface area contributed by atoms with Crippen molar-refractivity contribution in [2.75, 3.05) is 13.1 Å². The molecule has 3 heterocycles. The summed E-state index contributed by atoms with van der Waals surface area (Å²) in [5.41, 5.74) is 1.28. The van der Waals surface area contributed by atoms with E-state index in [2.05, 4.69) is 21.4 Å². The molecule has 23 heavy (non-hydrogen) atoms. The summed E-state index contributed by atoms with van der Waals surface area (Å²) in [6.07, 6.45) is 8.67. The smallest absolute Gasteiger partial charge is 0.317 e. The average molecular weight is 330 g/mol. The Hall–Kier alpha value is -1.95. The molecule has 1 fully saturated rings. The Kier molecular flexibility index (Phi) is 5.23. The Balaban J connectivity index is 1.46. The molecule has 2 aromatic rings. The third-order valence-electron chi connectivity index (χ3n) is 4.31. The van der Waals surface area contributed by atoms with Gasteiger partial charge < -0.3 is 10.2 Å². The standard InChI is InChI=1S/C17H22N4OS/c1-13(16-19-7-10-23-16)20-17(22)21-8-4-14(5-9-21)11-15-3-2-6-18-12-15/h2-3,6-7,10,12-14H,4-5,8-9,11H2,1H3,(H,20,22)/t13-/m1/s1. The molecule has 5 nitrogen and oxygen atoms in total. The first-order valence-electron chi connectivity index (χ1n) is 8.06. The number of carbonyl (C=O) groups is 1. The first-order chi connectivity index (χ1) is 11.2. The van der Waals surface area contributed by atoms with Crippen molar-refractivity contribution in [2.45, 2.75) is 32.2 Å². The third-order valence-corrected chi connectivity index (χ3v) is 5.27. The van der Waals surface area contributed by atoms with Crippen molar-refractivity contribution in [3.63, 3.8) is 0 Å². The number of aromatic nitrogens is 2. The minimum atomic E-state index is -0.0318. The number of piperidine rings is 1. The van der Waals surface area contributed by atoms with Crippen molar-refractivity contribution < 1.29 is 4.79 Å². The van der Waals surface area contributed by atoms with Crippen LogP contribution in [-0.4, -0.2) is 34.0 Å². The molecule has 1 atom stereocenters. The highest BCUT2D eigenvalue weighted by Gasteiger charge is 2.24. The number of hydrogen-bond acceptors (Lipinski definition) is 4. The Morgan fingerprint density at radius 2 is 2.26 bits per heavy atom. The molecule has 0 radical (unpaired) electrons. The fourth-order valence-corrected chi connectivity index (χ4v) is 3.62. The number of pyridine rings is 1. The minimum absolute atomic E-state index is 0.0209. The number of amides is 2. The predicted molar refractivity (Wildman–Crippen MR) is 91.3 cm³/mol. The number of thiazole rings is 1. The van der Waals surface area contributed by atoms with Crippen molar-refractivity contribution in [1.29, 1.82) is 0 Å². The van der Waals surface area contributed by atoms with E-state index in [-0.39, 0.29) is 12.1 Å². The van der Waals surface area contributed by atoms with Crippen LogP contribution in [0.25, 0.3) is 0 Å². The number of carbonyl (C=O) groups excluding carboxylic acids is 1. The lowest BCUT2D eigenvalue weighted by Crippen LogP contribution is -2.45. The van der Waals surface area contributed by atoms with Crippen LogP contribution in [0.3, 0.4) is 0 Å². The highest BCUT2D eigenvalue weighted by molar-refractivity contribution is 7.09. The number of nitrogens with one attached hydrogen (secondary N) is 1. The van der Waals surface area contributed by atoms with Crippen LogP contribution in [0.5, 0.6) is 0 Å². The molecule has 0 saturated carbocycles. The highest BCUT2D eigenvalue weighted by Crippen LogP contribution is 2.22. The van der Waals surface area contributed by atoms with E-state index in [0.29, 0.717) is 5.92 Å². The monoisotopic (exact) mass is 330 g/mol. The number of hydrogen-bond donors (Lipinski definition) is 1. The van der Waals surface area contributed by atoms with Crippen molar-refractivity contribution in [1.82, 2.24) is 20.2 Å². The van der Waals surface area contributed by atoms with Crippen LogP contribution < -0.4 is 5.32 Å². The van der Waals surface area contributed by atoms with Crippen LogP contribution in [0, 0.1) is 5.92 Å². The van der Waals surface area contributed by atoms with E-state index in [1.807, 2.05) is 29.5 Å². The van der Waals surface area contributed by atoms with E-state index >= 15 is 0 Å². The number of urea groups is 1. The van der Waals surface area contributed by atoms with Gasteiger partial charge in [0, 0.05) is 37.1 Å². The summed E-state index contributed by atoms with van der Waals surface area (Å²) in [7, 11) is 0. The third kappa shape index (κ3) is 4.28. The van der Waals surface area contributed by atoms with Gasteiger partial charge in [0.1, 0.15) is 5.01 Å². The van der Waals surface area contributed by atoms with Crippen molar-refractivity contribution in [3.8, 4) is 0 Å². The maximum atomic E-state index is 12.4. The van der Waals surface area contributed by atoms with Gasteiger partial charge in [-0.05, 0) is 43.7 Å². The molecule has 0 spiro atoms. The summed E-state index contributed by atoms with van der Waals surface area (Å²) in [5, 5.41) is 5.92. The second kappa shape index (κ2) is 7.55. The van der Waals surface area contributed by atoms with Crippen molar-refractivity contribution in [2.24, 2.45) is 5.92 Å². The summed E-state index contributed by atoms with van der Waals surface area (Å²) in [4.78, 5) is 22.7. The zero-order chi connectivity index (χ0) is 16.1. The molecule has 122 valence electrons. The lowest BCUT2D eigenvalue weighted by molar-refractivity contribution is 0.167. The van der Waals surface area contributed by atoms with Crippen molar-refractivity contribution in [3.05, 3.63) is 46.7 Å². The van der Waals surface area contributed by atoms with Crippen LogP contribution in [0.1, 0.15) is 36.4 Å². The molecule has 0 unspecified atom stereocenters. The Labute approximate surface area is 140 Å². The van der Waals surface area contributed by atoms with Gasteiger partial charge in [0.2, 0.25) is 0 Å².